The molecule has 0 saturated heterocycles. The van der Waals surface area contributed by atoms with Crippen molar-refractivity contribution in [3.05, 3.63) is 48.3 Å². The van der Waals surface area contributed by atoms with Crippen molar-refractivity contribution in [2.75, 3.05) is 0 Å². The predicted molar refractivity (Wildman–Crippen MR) is 51.0 cm³/mol. The smallest absolute Gasteiger partial charge is 0.434 e. The summed E-state index contributed by atoms with van der Waals surface area (Å²) >= 11 is 0. The first kappa shape index (κ1) is 12.7. The summed E-state index contributed by atoms with van der Waals surface area (Å²) in [6.45, 7) is 0. The maximum Gasteiger partial charge on any atom is 1.00 e. The normalized spacial score (nSPS) is 8.73. The molecule has 0 fully saturated rings. The van der Waals surface area contributed by atoms with Crippen molar-refractivity contribution in [3.63, 3.8) is 0 Å². The summed E-state index contributed by atoms with van der Waals surface area (Å²) in [6, 6.07) is 12.0. The first-order valence-corrected chi connectivity index (χ1v) is 4.09. The Labute approximate surface area is 137 Å². The molecule has 0 radical (unpaired) electrons. The number of rotatable bonds is 1. The van der Waals surface area contributed by atoms with Crippen LogP contribution in [0.3, 0.4) is 0 Å². The maximum atomic E-state index is 8.61. The minimum atomic E-state index is 0. The molecule has 0 amide bonds. The van der Waals surface area contributed by atoms with Gasteiger partial charge in [-0.1, -0.05) is 0 Å². The number of hydrogen-bond donors (Lipinski definition) is 0. The minimum Gasteiger partial charge on any atom is -0.434 e. The predicted octanol–water partition coefficient (Wildman–Crippen LogP) is -1.18. The van der Waals surface area contributed by atoms with Crippen molar-refractivity contribution in [1.29, 1.82) is 5.26 Å². The summed E-state index contributed by atoms with van der Waals surface area (Å²) < 4.78 is 0. The van der Waals surface area contributed by atoms with E-state index in [0.29, 0.717) is 11.4 Å². The molecule has 0 aliphatic heterocycles. The first-order chi connectivity index (χ1) is 6.90. The van der Waals surface area contributed by atoms with Gasteiger partial charge in [0.1, 0.15) is 0 Å². The van der Waals surface area contributed by atoms with Crippen LogP contribution in [0.1, 0.15) is 5.56 Å². The van der Waals surface area contributed by atoms with E-state index in [1.54, 1.807) is 24.5 Å². The van der Waals surface area contributed by atoms with E-state index < -0.39 is 0 Å². The van der Waals surface area contributed by atoms with Crippen LogP contribution in [0.5, 0.6) is 0 Å². The van der Waals surface area contributed by atoms with E-state index in [1.807, 2.05) is 12.1 Å². The van der Waals surface area contributed by atoms with Gasteiger partial charge in [0.2, 0.25) is 0 Å². The molecule has 0 spiro atoms. The summed E-state index contributed by atoms with van der Waals surface area (Å²) in [6.07, 6.45) is 3.14. The number of aromatic nitrogens is 2. The topological polar surface area (TPSA) is 49.6 Å². The van der Waals surface area contributed by atoms with Crippen molar-refractivity contribution in [1.82, 2.24) is 9.97 Å². The molecule has 0 N–H and O–H groups in total. The Balaban J connectivity index is 0.00000112. The molecule has 1 aromatic heterocycles. The SMILES string of the molecule is N#Cc1ccc(-c2nc[c-]cn2)cc1.[Rb+]. The summed E-state index contributed by atoms with van der Waals surface area (Å²) in [7, 11) is 0. The van der Waals surface area contributed by atoms with Gasteiger partial charge >= 0.3 is 58.2 Å². The van der Waals surface area contributed by atoms with Crippen molar-refractivity contribution in [2.24, 2.45) is 0 Å². The number of hydrogen-bond acceptors (Lipinski definition) is 3. The number of nitrogens with zero attached hydrogens (tertiary/aromatic N) is 3. The fourth-order valence-electron chi connectivity index (χ4n) is 1.11. The van der Waals surface area contributed by atoms with E-state index in [1.165, 1.54) is 0 Å². The first-order valence-electron chi connectivity index (χ1n) is 4.09. The Bertz CT molecular complexity index is 459. The molecule has 0 unspecified atom stereocenters. The Hall–Kier alpha value is -0.405. The van der Waals surface area contributed by atoms with E-state index in [9.17, 15) is 0 Å². The molecule has 0 bridgehead atoms. The fourth-order valence-corrected chi connectivity index (χ4v) is 1.11. The largest absolute Gasteiger partial charge is 1.00 e. The van der Waals surface area contributed by atoms with Crippen LogP contribution in [-0.4, -0.2) is 9.97 Å². The zero-order valence-corrected chi connectivity index (χ0v) is 13.2. The quantitative estimate of drug-likeness (QED) is 0.610. The summed E-state index contributed by atoms with van der Waals surface area (Å²) in [5.74, 6) is 0.647. The summed E-state index contributed by atoms with van der Waals surface area (Å²) in [5, 5.41) is 8.61. The Morgan fingerprint density at radius 3 is 2.20 bits per heavy atom. The van der Waals surface area contributed by atoms with Crippen LogP contribution in [0.15, 0.2) is 36.7 Å². The van der Waals surface area contributed by atoms with Crippen molar-refractivity contribution >= 4 is 0 Å². The standard InChI is InChI=1S/C11H6N3.Rb/c12-8-9-2-4-10(5-3-9)11-13-6-1-7-14-11;/h2-7H;/q-1;+1. The molecule has 4 heteroatoms. The van der Waals surface area contributed by atoms with Crippen LogP contribution >= 0.6 is 0 Å². The van der Waals surface area contributed by atoms with Crippen molar-refractivity contribution in [3.8, 4) is 17.5 Å². The molecular weight excluding hydrogens is 260 g/mol. The Morgan fingerprint density at radius 2 is 1.67 bits per heavy atom. The summed E-state index contributed by atoms with van der Waals surface area (Å²) in [5.41, 5.74) is 1.54. The number of nitriles is 1. The molecule has 3 nitrogen and oxygen atoms in total. The van der Waals surface area contributed by atoms with Gasteiger partial charge in [0.25, 0.3) is 0 Å². The van der Waals surface area contributed by atoms with Gasteiger partial charge in [-0.15, -0.1) is 12.4 Å². The van der Waals surface area contributed by atoms with Gasteiger partial charge in [-0.2, -0.15) is 5.26 Å². The van der Waals surface area contributed by atoms with E-state index in [2.05, 4.69) is 22.1 Å². The van der Waals surface area contributed by atoms with Crippen LogP contribution in [0.4, 0.5) is 0 Å². The monoisotopic (exact) mass is 265 g/mol. The zero-order chi connectivity index (χ0) is 9.80. The third-order valence-corrected chi connectivity index (χ3v) is 1.79. The molecule has 0 atom stereocenters. The maximum absolute atomic E-state index is 8.61. The van der Waals surface area contributed by atoms with E-state index >= 15 is 0 Å². The van der Waals surface area contributed by atoms with Crippen molar-refractivity contribution < 1.29 is 58.2 Å². The van der Waals surface area contributed by atoms with Gasteiger partial charge in [0.05, 0.1) is 11.6 Å². The third kappa shape index (κ3) is 3.28. The molecule has 15 heavy (non-hydrogen) atoms. The molecule has 1 heterocycles. The Kier molecular flexibility index (Phi) is 5.27. The van der Waals surface area contributed by atoms with Crippen LogP contribution in [0.25, 0.3) is 11.4 Å². The summed E-state index contributed by atoms with van der Waals surface area (Å²) in [4.78, 5) is 8.11. The molecule has 0 aliphatic rings. The van der Waals surface area contributed by atoms with Crippen LogP contribution in [-0.2, 0) is 0 Å². The molecule has 0 aliphatic carbocycles. The Morgan fingerprint density at radius 1 is 1.07 bits per heavy atom. The van der Waals surface area contributed by atoms with Crippen molar-refractivity contribution in [2.45, 2.75) is 0 Å². The van der Waals surface area contributed by atoms with Crippen LogP contribution in [0.2, 0.25) is 0 Å². The molecule has 0 saturated carbocycles. The third-order valence-electron chi connectivity index (χ3n) is 1.79. The van der Waals surface area contributed by atoms with Gasteiger partial charge in [0.15, 0.2) is 5.82 Å². The van der Waals surface area contributed by atoms with E-state index in [-0.39, 0.29) is 58.2 Å². The zero-order valence-electron chi connectivity index (χ0n) is 8.31. The van der Waals surface area contributed by atoms with Gasteiger partial charge in [0, 0.05) is 5.56 Å². The van der Waals surface area contributed by atoms with Gasteiger partial charge < -0.3 is 6.07 Å². The fraction of sp³-hybridized carbons (Fsp3) is 0. The van der Waals surface area contributed by atoms with Crippen LogP contribution < -0.4 is 58.2 Å². The molecule has 2 aromatic rings. The second kappa shape index (κ2) is 6.24. The van der Waals surface area contributed by atoms with E-state index in [0.717, 1.165) is 5.56 Å². The number of benzene rings is 1. The second-order valence-corrected chi connectivity index (χ2v) is 2.70. The van der Waals surface area contributed by atoms with Crippen LogP contribution in [0, 0.1) is 17.4 Å². The average molecular weight is 266 g/mol. The van der Waals surface area contributed by atoms with Gasteiger partial charge in [-0.3, -0.25) is 9.97 Å². The molecule has 66 valence electrons. The second-order valence-electron chi connectivity index (χ2n) is 2.70. The van der Waals surface area contributed by atoms with E-state index in [4.69, 9.17) is 5.26 Å². The molecule has 2 rings (SSSR count). The van der Waals surface area contributed by atoms with Gasteiger partial charge in [-0.25, -0.2) is 0 Å². The molecule has 1 aromatic carbocycles. The molecular formula is C11H6N3Rb. The minimum absolute atomic E-state index is 0. The van der Waals surface area contributed by atoms with Gasteiger partial charge in [-0.05, 0) is 24.3 Å². The average Bonchev–Trinajstić information content (AvgIpc) is 2.30.